The number of hydrogen-bond acceptors (Lipinski definition) is 6. The number of hydrogen-bond donors (Lipinski definition) is 1. The maximum atomic E-state index is 15.1. The number of benzene rings is 1. The monoisotopic (exact) mass is 514 g/mol. The maximum Gasteiger partial charge on any atom is 0.389 e. The van der Waals surface area contributed by atoms with Crippen LogP contribution in [-0.2, 0) is 14.8 Å². The molecule has 1 amide bonds. The van der Waals surface area contributed by atoms with E-state index in [-0.39, 0.29) is 22.7 Å². The number of carbonyl (C=O) groups excluding carboxylic acids is 1. The molecule has 0 radical (unpaired) electrons. The van der Waals surface area contributed by atoms with Gasteiger partial charge < -0.3 is 10.3 Å². The Balaban J connectivity index is 1.73. The summed E-state index contributed by atoms with van der Waals surface area (Å²) in [5.41, 5.74) is 4.02. The van der Waals surface area contributed by atoms with Crippen LogP contribution in [0.1, 0.15) is 36.6 Å². The predicted molar refractivity (Wildman–Crippen MR) is 115 cm³/mol. The summed E-state index contributed by atoms with van der Waals surface area (Å²) < 4.78 is 87.1. The van der Waals surface area contributed by atoms with Gasteiger partial charge in [0, 0.05) is 25.3 Å². The van der Waals surface area contributed by atoms with Crippen molar-refractivity contribution >= 4 is 15.9 Å². The Kier molecular flexibility index (Phi) is 6.34. The van der Waals surface area contributed by atoms with Gasteiger partial charge in [0.15, 0.2) is 5.82 Å². The Morgan fingerprint density at radius 2 is 1.97 bits per heavy atom. The molecule has 1 unspecified atom stereocenters. The van der Waals surface area contributed by atoms with Crippen molar-refractivity contribution in [2.24, 2.45) is 11.7 Å². The lowest BCUT2D eigenvalue weighted by atomic mass is 9.94. The highest BCUT2D eigenvalue weighted by Gasteiger charge is 2.68. The number of amides is 1. The van der Waals surface area contributed by atoms with Crippen LogP contribution in [0.25, 0.3) is 0 Å². The van der Waals surface area contributed by atoms with Gasteiger partial charge >= 0.3 is 6.18 Å². The Morgan fingerprint density at radius 3 is 2.51 bits per heavy atom. The zero-order chi connectivity index (χ0) is 25.6. The van der Waals surface area contributed by atoms with Crippen molar-refractivity contribution in [1.82, 2.24) is 14.4 Å². The van der Waals surface area contributed by atoms with Crippen molar-refractivity contribution < 1.29 is 35.3 Å². The molecule has 1 aromatic heterocycles. The lowest BCUT2D eigenvalue weighted by Crippen LogP contribution is -2.52. The van der Waals surface area contributed by atoms with Crippen molar-refractivity contribution in [3.63, 3.8) is 0 Å². The molecule has 0 spiro atoms. The standard InChI is InChI=1S/C22H22F4N4O4S/c1-13-2-6-17(7-3-13)35(32,33)30(21(20(27)31)9-16(21)10-22(24,25)26)11-15-5-4-14(8-18(15)23)19-28-12-34-29-19/h2-7,12,14,16H,8-11H2,1H3,(H2,27,31)/t14?,16-,21+/m1/s1. The third-order valence-corrected chi connectivity index (χ3v) is 8.24. The average molecular weight is 515 g/mol. The van der Waals surface area contributed by atoms with Crippen molar-refractivity contribution in [3.05, 3.63) is 65.6 Å². The number of carbonyl (C=O) groups is 1. The molecule has 188 valence electrons. The topological polar surface area (TPSA) is 119 Å². The first kappa shape index (κ1) is 25.0. The number of primary amides is 1. The Bertz CT molecular complexity index is 1270. The minimum absolute atomic E-state index is 0.0984. The van der Waals surface area contributed by atoms with E-state index in [9.17, 15) is 26.4 Å². The van der Waals surface area contributed by atoms with E-state index in [1.165, 1.54) is 36.4 Å². The number of aromatic nitrogens is 2. The van der Waals surface area contributed by atoms with Crippen LogP contribution in [0, 0.1) is 12.8 Å². The first-order chi connectivity index (χ1) is 16.3. The van der Waals surface area contributed by atoms with E-state index in [0.29, 0.717) is 4.31 Å². The summed E-state index contributed by atoms with van der Waals surface area (Å²) >= 11 is 0. The first-order valence-corrected chi connectivity index (χ1v) is 12.1. The van der Waals surface area contributed by atoms with Crippen LogP contribution in [0.15, 0.2) is 63.6 Å². The molecule has 35 heavy (non-hydrogen) atoms. The molecule has 1 saturated carbocycles. The summed E-state index contributed by atoms with van der Waals surface area (Å²) in [7, 11) is -4.54. The van der Waals surface area contributed by atoms with E-state index in [0.717, 1.165) is 12.0 Å². The normalized spacial score (nSPS) is 24.7. The fourth-order valence-corrected chi connectivity index (χ4v) is 6.16. The molecule has 0 aliphatic heterocycles. The summed E-state index contributed by atoms with van der Waals surface area (Å²) in [6, 6.07) is 5.58. The summed E-state index contributed by atoms with van der Waals surface area (Å²) in [5.74, 6) is -3.65. The van der Waals surface area contributed by atoms with E-state index in [1.54, 1.807) is 6.92 Å². The molecule has 0 bridgehead atoms. The SMILES string of the molecule is Cc1ccc(S(=O)(=O)N(CC2=C(F)CC(c3ncon3)C=C2)[C@@]2(C(N)=O)C[C@@H]2CC(F)(F)F)cc1. The molecule has 2 aromatic rings. The van der Waals surface area contributed by atoms with Crippen LogP contribution in [0.2, 0.25) is 0 Å². The fourth-order valence-electron chi connectivity index (χ4n) is 4.37. The molecule has 2 aliphatic rings. The van der Waals surface area contributed by atoms with Crippen molar-refractivity contribution in [2.45, 2.75) is 48.7 Å². The van der Waals surface area contributed by atoms with Gasteiger partial charge in [0.25, 0.3) is 0 Å². The van der Waals surface area contributed by atoms with Crippen LogP contribution in [-0.4, -0.2) is 47.0 Å². The lowest BCUT2D eigenvalue weighted by molar-refractivity contribution is -0.141. The van der Waals surface area contributed by atoms with Crippen molar-refractivity contribution in [2.75, 3.05) is 6.54 Å². The van der Waals surface area contributed by atoms with Crippen molar-refractivity contribution in [1.29, 1.82) is 0 Å². The van der Waals surface area contributed by atoms with Crippen LogP contribution in [0.3, 0.4) is 0 Å². The van der Waals surface area contributed by atoms with E-state index in [4.69, 9.17) is 5.73 Å². The number of sulfonamides is 1. The number of rotatable bonds is 8. The third kappa shape index (κ3) is 4.87. The molecule has 2 aliphatic carbocycles. The van der Waals surface area contributed by atoms with Gasteiger partial charge in [-0.3, -0.25) is 4.79 Å². The zero-order valence-corrected chi connectivity index (χ0v) is 19.3. The first-order valence-electron chi connectivity index (χ1n) is 10.6. The average Bonchev–Trinajstić information content (AvgIpc) is 3.19. The molecule has 13 heteroatoms. The van der Waals surface area contributed by atoms with E-state index < -0.39 is 64.7 Å². The second kappa shape index (κ2) is 8.86. The van der Waals surface area contributed by atoms with Crippen LogP contribution in [0.5, 0.6) is 0 Å². The minimum Gasteiger partial charge on any atom is -0.368 e. The van der Waals surface area contributed by atoms with Gasteiger partial charge in [0.05, 0.1) is 4.90 Å². The number of allylic oxidation sites excluding steroid dienone is 2. The van der Waals surface area contributed by atoms with Gasteiger partial charge in [-0.15, -0.1) is 0 Å². The summed E-state index contributed by atoms with van der Waals surface area (Å²) in [5, 5.41) is 3.66. The number of aryl methyl sites for hydroxylation is 1. The van der Waals surface area contributed by atoms with E-state index in [2.05, 4.69) is 14.7 Å². The van der Waals surface area contributed by atoms with Gasteiger partial charge in [0.1, 0.15) is 11.4 Å². The van der Waals surface area contributed by atoms with Crippen LogP contribution in [0.4, 0.5) is 17.6 Å². The number of halogens is 4. The van der Waals surface area contributed by atoms with Crippen molar-refractivity contribution in [3.8, 4) is 0 Å². The van der Waals surface area contributed by atoms with Gasteiger partial charge in [-0.05, 0) is 37.0 Å². The Hall–Kier alpha value is -3.06. The second-order valence-electron chi connectivity index (χ2n) is 8.72. The number of alkyl halides is 3. The quantitative estimate of drug-likeness (QED) is 0.539. The molecular weight excluding hydrogens is 492 g/mol. The second-order valence-corrected chi connectivity index (χ2v) is 10.6. The molecule has 3 atom stereocenters. The highest BCUT2D eigenvalue weighted by atomic mass is 32.2. The maximum absolute atomic E-state index is 15.1. The summed E-state index contributed by atoms with van der Waals surface area (Å²) in [4.78, 5) is 16.1. The Morgan fingerprint density at radius 1 is 1.29 bits per heavy atom. The highest BCUT2D eigenvalue weighted by Crippen LogP contribution is 2.55. The number of nitrogens with two attached hydrogens (primary N) is 1. The van der Waals surface area contributed by atoms with Gasteiger partial charge in [-0.1, -0.05) is 35.0 Å². The van der Waals surface area contributed by atoms with E-state index in [1.807, 2.05) is 0 Å². The lowest BCUT2D eigenvalue weighted by Gasteiger charge is -2.31. The Labute approximate surface area is 198 Å². The molecule has 2 N–H and O–H groups in total. The van der Waals surface area contributed by atoms with Gasteiger partial charge in [-0.2, -0.15) is 22.5 Å². The summed E-state index contributed by atoms with van der Waals surface area (Å²) in [6.07, 6.45) is -2.73. The minimum atomic E-state index is -4.64. The van der Waals surface area contributed by atoms with Gasteiger partial charge in [0.2, 0.25) is 22.3 Å². The third-order valence-electron chi connectivity index (χ3n) is 6.33. The highest BCUT2D eigenvalue weighted by molar-refractivity contribution is 7.89. The van der Waals surface area contributed by atoms with Crippen LogP contribution >= 0.6 is 0 Å². The fraction of sp³-hybridized carbons (Fsp3) is 0.409. The molecule has 0 saturated heterocycles. The summed E-state index contributed by atoms with van der Waals surface area (Å²) in [6.45, 7) is 1.06. The largest absolute Gasteiger partial charge is 0.389 e. The number of nitrogens with zero attached hydrogens (tertiary/aromatic N) is 3. The molecule has 1 aromatic carbocycles. The van der Waals surface area contributed by atoms with Gasteiger partial charge in [-0.25, -0.2) is 12.8 Å². The zero-order valence-electron chi connectivity index (χ0n) is 18.5. The molecular formula is C22H22F4N4O4S. The molecule has 1 fully saturated rings. The predicted octanol–water partition coefficient (Wildman–Crippen LogP) is 3.53. The molecule has 8 nitrogen and oxygen atoms in total. The van der Waals surface area contributed by atoms with Crippen LogP contribution < -0.4 is 5.73 Å². The smallest absolute Gasteiger partial charge is 0.368 e. The molecule has 1 heterocycles. The molecule has 4 rings (SSSR count). The van der Waals surface area contributed by atoms with E-state index >= 15 is 4.39 Å².